The van der Waals surface area contributed by atoms with Crippen molar-refractivity contribution in [2.45, 2.75) is 39.0 Å². The first-order valence-corrected chi connectivity index (χ1v) is 9.44. The number of non-ortho nitro benzene ring substituents is 1. The standard InChI is InChI=1S/C21H21N3O5/c1-12(2)22-20(25)17-18(14-8-6-9-15(11-14)24(27)28)23(29-19(17)21(22)26)16-10-5-4-7-13(16)3/h4-12,17-19H,1-3H3. The van der Waals surface area contributed by atoms with Crippen molar-refractivity contribution in [3.63, 3.8) is 0 Å². The monoisotopic (exact) mass is 395 g/mol. The molecule has 8 nitrogen and oxygen atoms in total. The first-order valence-electron chi connectivity index (χ1n) is 9.44. The van der Waals surface area contributed by atoms with Gasteiger partial charge in [-0.25, -0.2) is 5.06 Å². The zero-order valence-electron chi connectivity index (χ0n) is 16.3. The third-order valence-corrected chi connectivity index (χ3v) is 5.44. The molecule has 0 N–H and O–H groups in total. The minimum atomic E-state index is -0.950. The molecule has 2 saturated heterocycles. The Labute approximate surface area is 167 Å². The highest BCUT2D eigenvalue weighted by Crippen LogP contribution is 2.48. The third kappa shape index (κ3) is 2.96. The third-order valence-electron chi connectivity index (χ3n) is 5.44. The van der Waals surface area contributed by atoms with Crippen LogP contribution < -0.4 is 5.06 Å². The lowest BCUT2D eigenvalue weighted by Gasteiger charge is -2.30. The summed E-state index contributed by atoms with van der Waals surface area (Å²) in [7, 11) is 0. The van der Waals surface area contributed by atoms with Crippen molar-refractivity contribution in [3.05, 3.63) is 69.8 Å². The minimum absolute atomic E-state index is 0.0758. The van der Waals surface area contributed by atoms with Crippen LogP contribution in [0.3, 0.4) is 0 Å². The molecule has 0 spiro atoms. The van der Waals surface area contributed by atoms with Crippen molar-refractivity contribution in [1.29, 1.82) is 0 Å². The van der Waals surface area contributed by atoms with Crippen LogP contribution in [-0.4, -0.2) is 33.8 Å². The van der Waals surface area contributed by atoms with Crippen LogP contribution in [0.2, 0.25) is 0 Å². The highest BCUT2D eigenvalue weighted by Gasteiger charge is 2.60. The molecular weight excluding hydrogens is 374 g/mol. The predicted octanol–water partition coefficient (Wildman–Crippen LogP) is 3.16. The van der Waals surface area contributed by atoms with Gasteiger partial charge in [0.1, 0.15) is 5.92 Å². The number of hydrogen-bond donors (Lipinski definition) is 0. The molecule has 0 saturated carbocycles. The maximum absolute atomic E-state index is 13.2. The number of para-hydroxylation sites is 1. The number of aryl methyl sites for hydroxylation is 1. The van der Waals surface area contributed by atoms with Crippen LogP contribution in [0.5, 0.6) is 0 Å². The van der Waals surface area contributed by atoms with Gasteiger partial charge in [-0.3, -0.25) is 29.4 Å². The van der Waals surface area contributed by atoms with E-state index in [2.05, 4.69) is 0 Å². The molecule has 3 unspecified atom stereocenters. The summed E-state index contributed by atoms with van der Waals surface area (Å²) in [4.78, 5) is 44.1. The van der Waals surface area contributed by atoms with Crippen LogP contribution in [-0.2, 0) is 14.4 Å². The molecule has 0 aliphatic carbocycles. The van der Waals surface area contributed by atoms with Crippen LogP contribution in [0.4, 0.5) is 11.4 Å². The quantitative estimate of drug-likeness (QED) is 0.449. The first-order chi connectivity index (χ1) is 13.8. The van der Waals surface area contributed by atoms with Gasteiger partial charge in [0.25, 0.3) is 11.6 Å². The second-order valence-corrected chi connectivity index (χ2v) is 7.60. The molecule has 29 heavy (non-hydrogen) atoms. The maximum Gasteiger partial charge on any atom is 0.269 e. The number of hydrogen-bond acceptors (Lipinski definition) is 6. The topological polar surface area (TPSA) is 93.0 Å². The van der Waals surface area contributed by atoms with E-state index < -0.39 is 23.0 Å². The SMILES string of the molecule is Cc1ccccc1N1OC2C(=O)N(C(C)C)C(=O)C2C1c1cccc([N+](=O)[O-])c1. The molecule has 4 rings (SSSR count). The number of nitro benzene ring substituents is 1. The van der Waals surface area contributed by atoms with Gasteiger partial charge in [-0.15, -0.1) is 0 Å². The van der Waals surface area contributed by atoms with E-state index in [0.717, 1.165) is 11.3 Å². The van der Waals surface area contributed by atoms with E-state index in [1.54, 1.807) is 31.0 Å². The van der Waals surface area contributed by atoms with Gasteiger partial charge in [0, 0.05) is 18.2 Å². The molecule has 2 aromatic rings. The lowest BCUT2D eigenvalue weighted by atomic mass is 9.90. The van der Waals surface area contributed by atoms with E-state index in [9.17, 15) is 19.7 Å². The molecule has 150 valence electrons. The number of anilines is 1. The lowest BCUT2D eigenvalue weighted by molar-refractivity contribution is -0.384. The van der Waals surface area contributed by atoms with E-state index in [1.807, 2.05) is 31.2 Å². The number of carbonyl (C=O) groups is 2. The molecular formula is C21H21N3O5. The molecule has 2 amide bonds. The number of fused-ring (bicyclic) bond motifs is 1. The van der Waals surface area contributed by atoms with Crippen LogP contribution >= 0.6 is 0 Å². The van der Waals surface area contributed by atoms with Crippen molar-refractivity contribution >= 4 is 23.2 Å². The van der Waals surface area contributed by atoms with Crippen molar-refractivity contribution in [3.8, 4) is 0 Å². The number of rotatable bonds is 4. The molecule has 3 atom stereocenters. The van der Waals surface area contributed by atoms with E-state index in [4.69, 9.17) is 4.84 Å². The van der Waals surface area contributed by atoms with Gasteiger partial charge in [-0.1, -0.05) is 30.3 Å². The van der Waals surface area contributed by atoms with Gasteiger partial charge in [-0.2, -0.15) is 0 Å². The summed E-state index contributed by atoms with van der Waals surface area (Å²) in [6, 6.07) is 12.7. The van der Waals surface area contributed by atoms with Gasteiger partial charge >= 0.3 is 0 Å². The minimum Gasteiger partial charge on any atom is -0.277 e. The summed E-state index contributed by atoms with van der Waals surface area (Å²) in [6.45, 7) is 5.46. The maximum atomic E-state index is 13.2. The Morgan fingerprint density at radius 2 is 1.79 bits per heavy atom. The van der Waals surface area contributed by atoms with Crippen LogP contribution in [0.1, 0.15) is 31.0 Å². The number of carbonyl (C=O) groups excluding carboxylic acids is 2. The highest BCUT2D eigenvalue weighted by molar-refractivity contribution is 6.08. The molecule has 2 heterocycles. The average Bonchev–Trinajstić information content (AvgIpc) is 3.18. The highest BCUT2D eigenvalue weighted by atomic mass is 16.7. The molecule has 0 bridgehead atoms. The van der Waals surface area contributed by atoms with Gasteiger partial charge in [0.05, 0.1) is 16.7 Å². The van der Waals surface area contributed by atoms with Crippen molar-refractivity contribution in [2.24, 2.45) is 5.92 Å². The van der Waals surface area contributed by atoms with E-state index in [0.29, 0.717) is 5.56 Å². The normalized spacial score (nSPS) is 23.8. The zero-order valence-corrected chi connectivity index (χ0v) is 16.3. The largest absolute Gasteiger partial charge is 0.277 e. The molecule has 0 aromatic heterocycles. The fourth-order valence-corrected chi connectivity index (χ4v) is 4.13. The Morgan fingerprint density at radius 1 is 1.07 bits per heavy atom. The van der Waals surface area contributed by atoms with Crippen molar-refractivity contribution in [1.82, 2.24) is 4.90 Å². The van der Waals surface area contributed by atoms with Gasteiger partial charge in [0.15, 0.2) is 6.10 Å². The summed E-state index contributed by atoms with van der Waals surface area (Å²) in [5.41, 5.74) is 2.11. The Kier molecular flexibility index (Phi) is 4.58. The Balaban J connectivity index is 1.85. The second kappa shape index (κ2) is 6.97. The summed E-state index contributed by atoms with van der Waals surface area (Å²) < 4.78 is 0. The Bertz CT molecular complexity index is 1010. The van der Waals surface area contributed by atoms with Crippen LogP contribution in [0.25, 0.3) is 0 Å². The molecule has 0 radical (unpaired) electrons. The zero-order chi connectivity index (χ0) is 20.9. The van der Waals surface area contributed by atoms with Crippen LogP contribution in [0, 0.1) is 23.0 Å². The fraction of sp³-hybridized carbons (Fsp3) is 0.333. The van der Waals surface area contributed by atoms with Gasteiger partial charge in [0.2, 0.25) is 5.91 Å². The van der Waals surface area contributed by atoms with Crippen molar-refractivity contribution < 1.29 is 19.3 Å². The Morgan fingerprint density at radius 3 is 2.45 bits per heavy atom. The van der Waals surface area contributed by atoms with E-state index in [-0.39, 0.29) is 23.5 Å². The number of amides is 2. The summed E-state index contributed by atoms with van der Waals surface area (Å²) in [5.74, 6) is -1.46. The molecule has 2 aromatic carbocycles. The smallest absolute Gasteiger partial charge is 0.269 e. The van der Waals surface area contributed by atoms with Crippen LogP contribution in [0.15, 0.2) is 48.5 Å². The summed E-state index contributed by atoms with van der Waals surface area (Å²) >= 11 is 0. The summed E-state index contributed by atoms with van der Waals surface area (Å²) in [5, 5.41) is 12.9. The predicted molar refractivity (Wildman–Crippen MR) is 105 cm³/mol. The molecule has 2 aliphatic heterocycles. The Hall–Kier alpha value is -3.26. The number of benzene rings is 2. The van der Waals surface area contributed by atoms with E-state index in [1.165, 1.54) is 17.0 Å². The van der Waals surface area contributed by atoms with Crippen molar-refractivity contribution in [2.75, 3.05) is 5.06 Å². The second-order valence-electron chi connectivity index (χ2n) is 7.60. The van der Waals surface area contributed by atoms with Gasteiger partial charge < -0.3 is 0 Å². The number of nitro groups is 1. The molecule has 2 aliphatic rings. The number of hydroxylamine groups is 1. The average molecular weight is 395 g/mol. The fourth-order valence-electron chi connectivity index (χ4n) is 4.13. The number of imide groups is 1. The molecule has 8 heteroatoms. The number of nitrogens with zero attached hydrogens (tertiary/aromatic N) is 3. The van der Waals surface area contributed by atoms with Gasteiger partial charge in [-0.05, 0) is 38.0 Å². The van der Waals surface area contributed by atoms with E-state index >= 15 is 0 Å². The molecule has 2 fully saturated rings. The lowest BCUT2D eigenvalue weighted by Crippen LogP contribution is -2.41. The number of likely N-dealkylation sites (tertiary alicyclic amines) is 1. The summed E-state index contributed by atoms with van der Waals surface area (Å²) in [6.07, 6.45) is -0.950. The first kappa shape index (κ1) is 19.1.